The predicted octanol–water partition coefficient (Wildman–Crippen LogP) is 1.20. The number of rotatable bonds is 4. The van der Waals surface area contributed by atoms with Gasteiger partial charge in [-0.3, -0.25) is 0 Å². The SMILES string of the molecule is COCC1(COC)CC(C#N)C1. The van der Waals surface area contributed by atoms with Crippen molar-refractivity contribution in [3.63, 3.8) is 0 Å². The fraction of sp³-hybridized carbons (Fsp3) is 0.889. The largest absolute Gasteiger partial charge is 0.384 e. The summed E-state index contributed by atoms with van der Waals surface area (Å²) in [5, 5.41) is 8.62. The molecule has 68 valence electrons. The van der Waals surface area contributed by atoms with E-state index < -0.39 is 0 Å². The quantitative estimate of drug-likeness (QED) is 0.635. The molecule has 0 aliphatic heterocycles. The Hall–Kier alpha value is -0.590. The lowest BCUT2D eigenvalue weighted by molar-refractivity contribution is -0.0592. The second-order valence-electron chi connectivity index (χ2n) is 3.60. The van der Waals surface area contributed by atoms with Gasteiger partial charge < -0.3 is 9.47 Å². The van der Waals surface area contributed by atoms with Crippen LogP contribution in [-0.4, -0.2) is 27.4 Å². The third-order valence-electron chi connectivity index (χ3n) is 2.44. The van der Waals surface area contributed by atoms with Crippen molar-refractivity contribution >= 4 is 0 Å². The highest BCUT2D eigenvalue weighted by atomic mass is 16.5. The van der Waals surface area contributed by atoms with E-state index in [-0.39, 0.29) is 11.3 Å². The average molecular weight is 169 g/mol. The van der Waals surface area contributed by atoms with Crippen LogP contribution in [0.4, 0.5) is 0 Å². The summed E-state index contributed by atoms with van der Waals surface area (Å²) in [6.07, 6.45) is 1.84. The van der Waals surface area contributed by atoms with E-state index in [0.717, 1.165) is 12.8 Å². The highest BCUT2D eigenvalue weighted by Gasteiger charge is 2.44. The van der Waals surface area contributed by atoms with Crippen LogP contribution in [0.1, 0.15) is 12.8 Å². The first-order valence-electron chi connectivity index (χ1n) is 4.14. The fourth-order valence-corrected chi connectivity index (χ4v) is 1.97. The molecular formula is C9H15NO2. The molecule has 0 N–H and O–H groups in total. The predicted molar refractivity (Wildman–Crippen MR) is 44.5 cm³/mol. The second kappa shape index (κ2) is 3.88. The first-order chi connectivity index (χ1) is 5.76. The average Bonchev–Trinajstić information content (AvgIpc) is 1.99. The monoisotopic (exact) mass is 169 g/mol. The van der Waals surface area contributed by atoms with E-state index in [4.69, 9.17) is 14.7 Å². The topological polar surface area (TPSA) is 42.2 Å². The lowest BCUT2D eigenvalue weighted by Crippen LogP contribution is -2.43. The van der Waals surface area contributed by atoms with E-state index in [1.807, 2.05) is 0 Å². The summed E-state index contributed by atoms with van der Waals surface area (Å²) in [5.74, 6) is 0.218. The second-order valence-corrected chi connectivity index (χ2v) is 3.60. The van der Waals surface area contributed by atoms with Crippen LogP contribution >= 0.6 is 0 Å². The van der Waals surface area contributed by atoms with Gasteiger partial charge in [0.05, 0.1) is 19.3 Å². The van der Waals surface area contributed by atoms with E-state index in [9.17, 15) is 0 Å². The molecule has 0 heterocycles. The van der Waals surface area contributed by atoms with Crippen LogP contribution in [0.15, 0.2) is 0 Å². The molecule has 12 heavy (non-hydrogen) atoms. The van der Waals surface area contributed by atoms with E-state index in [2.05, 4.69) is 6.07 Å². The lowest BCUT2D eigenvalue weighted by atomic mass is 9.63. The number of nitrogens with zero attached hydrogens (tertiary/aromatic N) is 1. The standard InChI is InChI=1S/C9H15NO2/c1-11-6-9(7-12-2)3-8(4-9)5-10/h8H,3-4,6-7H2,1-2H3. The molecule has 3 nitrogen and oxygen atoms in total. The molecule has 1 saturated carbocycles. The van der Waals surface area contributed by atoms with Gasteiger partial charge in [0, 0.05) is 25.6 Å². The molecule has 3 heteroatoms. The van der Waals surface area contributed by atoms with Crippen LogP contribution in [0.3, 0.4) is 0 Å². The minimum atomic E-state index is 0.129. The Balaban J connectivity index is 2.39. The van der Waals surface area contributed by atoms with Gasteiger partial charge in [-0.1, -0.05) is 0 Å². The number of hydrogen-bond acceptors (Lipinski definition) is 3. The van der Waals surface area contributed by atoms with Crippen LogP contribution < -0.4 is 0 Å². The van der Waals surface area contributed by atoms with Crippen molar-refractivity contribution in [1.82, 2.24) is 0 Å². The van der Waals surface area contributed by atoms with Crippen LogP contribution in [0.25, 0.3) is 0 Å². The summed E-state index contributed by atoms with van der Waals surface area (Å²) in [6, 6.07) is 2.26. The van der Waals surface area contributed by atoms with Gasteiger partial charge in [0.15, 0.2) is 0 Å². The van der Waals surface area contributed by atoms with E-state index in [0.29, 0.717) is 13.2 Å². The lowest BCUT2D eigenvalue weighted by Gasteiger charge is -2.43. The zero-order valence-corrected chi connectivity index (χ0v) is 7.67. The van der Waals surface area contributed by atoms with Crippen LogP contribution in [0.5, 0.6) is 0 Å². The molecule has 1 aliphatic carbocycles. The van der Waals surface area contributed by atoms with Gasteiger partial charge in [0.25, 0.3) is 0 Å². The molecule has 1 aliphatic rings. The third-order valence-corrected chi connectivity index (χ3v) is 2.44. The smallest absolute Gasteiger partial charge is 0.0656 e. The van der Waals surface area contributed by atoms with Gasteiger partial charge in [-0.15, -0.1) is 0 Å². The number of methoxy groups -OCH3 is 2. The van der Waals surface area contributed by atoms with Crippen molar-refractivity contribution in [3.05, 3.63) is 0 Å². The number of ether oxygens (including phenoxy) is 2. The number of hydrogen-bond donors (Lipinski definition) is 0. The first-order valence-corrected chi connectivity index (χ1v) is 4.14. The molecular weight excluding hydrogens is 154 g/mol. The highest BCUT2D eigenvalue weighted by molar-refractivity contribution is 5.02. The van der Waals surface area contributed by atoms with Crippen LogP contribution in [-0.2, 0) is 9.47 Å². The van der Waals surface area contributed by atoms with Crippen LogP contribution in [0.2, 0.25) is 0 Å². The molecule has 1 fully saturated rings. The summed E-state index contributed by atoms with van der Waals surface area (Å²) in [4.78, 5) is 0. The van der Waals surface area contributed by atoms with Gasteiger partial charge >= 0.3 is 0 Å². The summed E-state index contributed by atoms with van der Waals surface area (Å²) in [7, 11) is 3.38. The minimum Gasteiger partial charge on any atom is -0.384 e. The molecule has 0 aromatic heterocycles. The van der Waals surface area contributed by atoms with Crippen LogP contribution in [0, 0.1) is 22.7 Å². The summed E-state index contributed by atoms with van der Waals surface area (Å²) in [5.41, 5.74) is 0.129. The Morgan fingerprint density at radius 3 is 2.17 bits per heavy atom. The molecule has 0 aromatic rings. The zero-order chi connectivity index (χ0) is 9.03. The van der Waals surface area contributed by atoms with E-state index in [1.54, 1.807) is 14.2 Å². The molecule has 0 unspecified atom stereocenters. The van der Waals surface area contributed by atoms with E-state index >= 15 is 0 Å². The normalized spacial score (nSPS) is 21.4. The Labute approximate surface area is 73.3 Å². The number of nitriles is 1. The van der Waals surface area contributed by atoms with Crippen molar-refractivity contribution in [1.29, 1.82) is 5.26 Å². The molecule has 0 atom stereocenters. The zero-order valence-electron chi connectivity index (χ0n) is 7.67. The summed E-state index contributed by atoms with van der Waals surface area (Å²) >= 11 is 0. The van der Waals surface area contributed by atoms with Crippen molar-refractivity contribution in [3.8, 4) is 6.07 Å². The maximum atomic E-state index is 8.62. The molecule has 0 radical (unpaired) electrons. The maximum absolute atomic E-state index is 8.62. The fourth-order valence-electron chi connectivity index (χ4n) is 1.97. The molecule has 1 rings (SSSR count). The van der Waals surface area contributed by atoms with Gasteiger partial charge in [-0.25, -0.2) is 0 Å². The van der Waals surface area contributed by atoms with Crippen molar-refractivity contribution in [2.24, 2.45) is 11.3 Å². The van der Waals surface area contributed by atoms with Gasteiger partial charge in [-0.2, -0.15) is 5.26 Å². The Bertz CT molecular complexity index is 171. The maximum Gasteiger partial charge on any atom is 0.0656 e. The van der Waals surface area contributed by atoms with Crippen molar-refractivity contribution in [2.75, 3.05) is 27.4 Å². The first kappa shape index (κ1) is 9.50. The molecule has 0 amide bonds. The molecule has 0 aromatic carbocycles. The summed E-state index contributed by atoms with van der Waals surface area (Å²) < 4.78 is 10.2. The Kier molecular flexibility index (Phi) is 3.07. The Morgan fingerprint density at radius 2 is 1.83 bits per heavy atom. The van der Waals surface area contributed by atoms with Gasteiger partial charge in [0.1, 0.15) is 0 Å². The molecule has 0 saturated heterocycles. The highest BCUT2D eigenvalue weighted by Crippen LogP contribution is 2.45. The Morgan fingerprint density at radius 1 is 1.33 bits per heavy atom. The molecule has 0 bridgehead atoms. The van der Waals surface area contributed by atoms with Crippen molar-refractivity contribution < 1.29 is 9.47 Å². The molecule has 0 spiro atoms. The summed E-state index contributed by atoms with van der Waals surface area (Å²) in [6.45, 7) is 1.41. The third kappa shape index (κ3) is 1.77. The minimum absolute atomic E-state index is 0.129. The van der Waals surface area contributed by atoms with Gasteiger partial charge in [-0.05, 0) is 12.8 Å². The van der Waals surface area contributed by atoms with E-state index in [1.165, 1.54) is 0 Å². The van der Waals surface area contributed by atoms with Gasteiger partial charge in [0.2, 0.25) is 0 Å². The van der Waals surface area contributed by atoms with Crippen molar-refractivity contribution in [2.45, 2.75) is 12.8 Å².